The Kier molecular flexibility index (Phi) is 6.03. The van der Waals surface area contributed by atoms with Crippen LogP contribution >= 0.6 is 23.4 Å². The number of halogens is 1. The molecule has 0 saturated heterocycles. The zero-order chi connectivity index (χ0) is 10.2. The Morgan fingerprint density at radius 1 is 1.21 bits per heavy atom. The van der Waals surface area contributed by atoms with Crippen LogP contribution in [0, 0.1) is 0 Å². The Balaban J connectivity index is 2.15. The molecule has 0 saturated carbocycles. The van der Waals surface area contributed by atoms with Crippen LogP contribution in [0.25, 0.3) is 0 Å². The zero-order valence-electron chi connectivity index (χ0n) is 8.00. The first-order valence-corrected chi connectivity index (χ1v) is 5.98. The van der Waals surface area contributed by atoms with Gasteiger partial charge in [-0.2, -0.15) is 0 Å². The van der Waals surface area contributed by atoms with Gasteiger partial charge >= 0.3 is 0 Å². The van der Waals surface area contributed by atoms with Crippen LogP contribution in [-0.4, -0.2) is 25.4 Å². The van der Waals surface area contributed by atoms with Gasteiger partial charge in [-0.3, -0.25) is 0 Å². The fourth-order valence-electron chi connectivity index (χ4n) is 0.999. The first-order valence-electron chi connectivity index (χ1n) is 4.62. The van der Waals surface area contributed by atoms with E-state index in [1.54, 1.807) is 0 Å². The minimum Gasteiger partial charge on any atom is -0.329 e. The van der Waals surface area contributed by atoms with Crippen molar-refractivity contribution in [1.82, 2.24) is 5.32 Å². The van der Waals surface area contributed by atoms with Gasteiger partial charge in [0.05, 0.1) is 0 Å². The molecule has 0 unspecified atom stereocenters. The number of hydrogen-bond acceptors (Lipinski definition) is 3. The zero-order valence-corrected chi connectivity index (χ0v) is 9.57. The summed E-state index contributed by atoms with van der Waals surface area (Å²) < 4.78 is 0. The van der Waals surface area contributed by atoms with Crippen LogP contribution in [0.5, 0.6) is 0 Å². The lowest BCUT2D eigenvalue weighted by Crippen LogP contribution is -2.24. The molecule has 0 amide bonds. The summed E-state index contributed by atoms with van der Waals surface area (Å²) in [6.07, 6.45) is 0. The summed E-state index contributed by atoms with van der Waals surface area (Å²) >= 11 is 7.60. The molecule has 0 fully saturated rings. The molecule has 0 aliphatic carbocycles. The van der Waals surface area contributed by atoms with Crippen molar-refractivity contribution in [2.45, 2.75) is 4.90 Å². The fraction of sp³-hybridized carbons (Fsp3) is 0.400. The second-order valence-corrected chi connectivity index (χ2v) is 4.45. The number of nitrogens with two attached hydrogens (primary N) is 1. The molecular formula is C10H15ClN2S. The normalized spacial score (nSPS) is 10.4. The molecule has 4 heteroatoms. The standard InChI is InChI=1S/C10H15ClN2S/c11-9-1-3-10(4-2-9)14-8-7-13-6-5-12/h1-4,13H,5-8,12H2. The third-order valence-electron chi connectivity index (χ3n) is 1.68. The summed E-state index contributed by atoms with van der Waals surface area (Å²) in [7, 11) is 0. The van der Waals surface area contributed by atoms with E-state index in [4.69, 9.17) is 17.3 Å². The largest absolute Gasteiger partial charge is 0.329 e. The minimum atomic E-state index is 0.700. The average molecular weight is 231 g/mol. The maximum Gasteiger partial charge on any atom is 0.0406 e. The smallest absolute Gasteiger partial charge is 0.0406 e. The Morgan fingerprint density at radius 2 is 1.93 bits per heavy atom. The lowest BCUT2D eigenvalue weighted by Gasteiger charge is -2.03. The van der Waals surface area contributed by atoms with E-state index in [1.807, 2.05) is 36.0 Å². The third-order valence-corrected chi connectivity index (χ3v) is 2.95. The van der Waals surface area contributed by atoms with E-state index in [1.165, 1.54) is 4.90 Å². The SMILES string of the molecule is NCCNCCSc1ccc(Cl)cc1. The Morgan fingerprint density at radius 3 is 2.57 bits per heavy atom. The first kappa shape index (κ1) is 11.9. The van der Waals surface area contributed by atoms with Gasteiger partial charge in [0.2, 0.25) is 0 Å². The van der Waals surface area contributed by atoms with Crippen molar-refractivity contribution < 1.29 is 0 Å². The van der Waals surface area contributed by atoms with E-state index < -0.39 is 0 Å². The van der Waals surface area contributed by atoms with Crippen molar-refractivity contribution in [3.63, 3.8) is 0 Å². The molecule has 78 valence electrons. The lowest BCUT2D eigenvalue weighted by atomic mass is 10.4. The molecule has 0 heterocycles. The molecule has 0 radical (unpaired) electrons. The predicted octanol–water partition coefficient (Wildman–Crippen LogP) is 1.98. The van der Waals surface area contributed by atoms with Crippen LogP contribution in [0.4, 0.5) is 0 Å². The van der Waals surface area contributed by atoms with Crippen molar-refractivity contribution in [3.8, 4) is 0 Å². The molecule has 0 aliphatic heterocycles. The summed E-state index contributed by atoms with van der Waals surface area (Å²) in [6.45, 7) is 2.58. The molecular weight excluding hydrogens is 216 g/mol. The fourth-order valence-corrected chi connectivity index (χ4v) is 1.94. The Labute approximate surface area is 94.2 Å². The van der Waals surface area contributed by atoms with Crippen LogP contribution in [0.15, 0.2) is 29.2 Å². The lowest BCUT2D eigenvalue weighted by molar-refractivity contribution is 0.729. The van der Waals surface area contributed by atoms with Gasteiger partial charge in [0.1, 0.15) is 0 Å². The second-order valence-electron chi connectivity index (χ2n) is 2.84. The summed E-state index contributed by atoms with van der Waals surface area (Å²) in [6, 6.07) is 7.90. The predicted molar refractivity (Wildman–Crippen MR) is 64.1 cm³/mol. The molecule has 14 heavy (non-hydrogen) atoms. The van der Waals surface area contributed by atoms with E-state index >= 15 is 0 Å². The molecule has 0 spiro atoms. The van der Waals surface area contributed by atoms with Crippen LogP contribution < -0.4 is 11.1 Å². The Bertz CT molecular complexity index is 251. The van der Waals surface area contributed by atoms with Crippen molar-refractivity contribution in [1.29, 1.82) is 0 Å². The maximum atomic E-state index is 5.78. The van der Waals surface area contributed by atoms with E-state index in [-0.39, 0.29) is 0 Å². The molecule has 0 aliphatic rings. The first-order chi connectivity index (χ1) is 6.83. The van der Waals surface area contributed by atoms with Gasteiger partial charge in [0.25, 0.3) is 0 Å². The van der Waals surface area contributed by atoms with Crippen LogP contribution in [0.2, 0.25) is 5.02 Å². The third kappa shape index (κ3) is 4.86. The van der Waals surface area contributed by atoms with E-state index in [0.717, 1.165) is 23.9 Å². The summed E-state index contributed by atoms with van der Waals surface area (Å²) in [5, 5.41) is 4.03. The summed E-state index contributed by atoms with van der Waals surface area (Å²) in [4.78, 5) is 1.25. The monoisotopic (exact) mass is 230 g/mol. The van der Waals surface area contributed by atoms with Crippen LogP contribution in [-0.2, 0) is 0 Å². The molecule has 1 rings (SSSR count). The van der Waals surface area contributed by atoms with Gasteiger partial charge < -0.3 is 11.1 Å². The highest BCUT2D eigenvalue weighted by atomic mass is 35.5. The van der Waals surface area contributed by atoms with Crippen LogP contribution in [0.1, 0.15) is 0 Å². The van der Waals surface area contributed by atoms with Gasteiger partial charge in [-0.05, 0) is 24.3 Å². The number of rotatable bonds is 6. The molecule has 1 aromatic carbocycles. The molecule has 0 aromatic heterocycles. The highest BCUT2D eigenvalue weighted by Crippen LogP contribution is 2.19. The molecule has 0 atom stereocenters. The molecule has 2 nitrogen and oxygen atoms in total. The van der Waals surface area contributed by atoms with Crippen LogP contribution in [0.3, 0.4) is 0 Å². The summed E-state index contributed by atoms with van der Waals surface area (Å²) in [5.41, 5.74) is 5.35. The molecule has 1 aromatic rings. The van der Waals surface area contributed by atoms with Gasteiger partial charge in [-0.25, -0.2) is 0 Å². The van der Waals surface area contributed by atoms with Crippen molar-refractivity contribution in [2.24, 2.45) is 5.73 Å². The number of nitrogens with one attached hydrogen (secondary N) is 1. The van der Waals surface area contributed by atoms with Gasteiger partial charge in [-0.15, -0.1) is 11.8 Å². The van der Waals surface area contributed by atoms with Crippen molar-refractivity contribution in [2.75, 3.05) is 25.4 Å². The number of hydrogen-bond donors (Lipinski definition) is 2. The van der Waals surface area contributed by atoms with Crippen molar-refractivity contribution in [3.05, 3.63) is 29.3 Å². The number of benzene rings is 1. The summed E-state index contributed by atoms with van der Waals surface area (Å²) in [5.74, 6) is 1.06. The van der Waals surface area contributed by atoms with Gasteiger partial charge in [-0.1, -0.05) is 11.6 Å². The average Bonchev–Trinajstić information content (AvgIpc) is 2.21. The molecule has 0 bridgehead atoms. The van der Waals surface area contributed by atoms with E-state index in [0.29, 0.717) is 6.54 Å². The highest BCUT2D eigenvalue weighted by molar-refractivity contribution is 7.99. The topological polar surface area (TPSA) is 38.0 Å². The van der Waals surface area contributed by atoms with E-state index in [2.05, 4.69) is 5.32 Å². The van der Waals surface area contributed by atoms with Gasteiger partial charge in [0.15, 0.2) is 0 Å². The minimum absolute atomic E-state index is 0.700. The number of thioether (sulfide) groups is 1. The Hall–Kier alpha value is -0.220. The van der Waals surface area contributed by atoms with E-state index in [9.17, 15) is 0 Å². The van der Waals surface area contributed by atoms with Crippen molar-refractivity contribution >= 4 is 23.4 Å². The highest BCUT2D eigenvalue weighted by Gasteiger charge is 1.93. The quantitative estimate of drug-likeness (QED) is 0.580. The second kappa shape index (κ2) is 7.12. The molecule has 3 N–H and O–H groups in total. The van der Waals surface area contributed by atoms with Gasteiger partial charge in [0, 0.05) is 35.3 Å². The maximum absolute atomic E-state index is 5.78.